The Labute approximate surface area is 159 Å². The number of esters is 1. The van der Waals surface area contributed by atoms with Crippen LogP contribution in [0.5, 0.6) is 5.75 Å². The van der Waals surface area contributed by atoms with Crippen molar-refractivity contribution in [1.82, 2.24) is 10.2 Å². The summed E-state index contributed by atoms with van der Waals surface area (Å²) in [5.41, 5.74) is 3.29. The first-order valence-electron chi connectivity index (χ1n) is 8.47. The van der Waals surface area contributed by atoms with Crippen molar-refractivity contribution in [2.75, 3.05) is 20.3 Å². The van der Waals surface area contributed by atoms with Crippen LogP contribution in [0.15, 0.2) is 17.8 Å². The van der Waals surface area contributed by atoms with Gasteiger partial charge in [0.25, 0.3) is 5.91 Å². The van der Waals surface area contributed by atoms with Crippen molar-refractivity contribution in [3.63, 3.8) is 0 Å². The first-order valence-corrected chi connectivity index (χ1v) is 8.88. The molecule has 7 heteroatoms. The van der Waals surface area contributed by atoms with E-state index in [4.69, 9.17) is 17.0 Å². The van der Waals surface area contributed by atoms with Crippen molar-refractivity contribution in [1.29, 1.82) is 0 Å². The van der Waals surface area contributed by atoms with Crippen molar-refractivity contribution >= 4 is 35.3 Å². The van der Waals surface area contributed by atoms with Gasteiger partial charge >= 0.3 is 5.97 Å². The molecule has 2 rings (SSSR count). The molecular weight excluding hydrogens is 352 g/mol. The van der Waals surface area contributed by atoms with Gasteiger partial charge in [0.15, 0.2) is 5.11 Å². The van der Waals surface area contributed by atoms with E-state index in [1.54, 1.807) is 6.08 Å². The summed E-state index contributed by atoms with van der Waals surface area (Å²) in [6.07, 6.45) is 1.75. The van der Waals surface area contributed by atoms with Crippen molar-refractivity contribution < 1.29 is 19.1 Å². The Hall–Kier alpha value is -2.41. The number of nitrogens with zero attached hydrogens (tertiary/aromatic N) is 1. The lowest BCUT2D eigenvalue weighted by atomic mass is 9.96. The molecule has 1 aliphatic heterocycles. The number of rotatable bonds is 6. The maximum Gasteiger partial charge on any atom is 0.325 e. The summed E-state index contributed by atoms with van der Waals surface area (Å²) < 4.78 is 10.3. The molecule has 0 bridgehead atoms. The summed E-state index contributed by atoms with van der Waals surface area (Å²) in [6.45, 7) is 8.48. The lowest BCUT2D eigenvalue weighted by molar-refractivity contribution is -0.143. The number of carbonyl (C=O) groups excluding carboxylic acids is 2. The molecule has 1 fully saturated rings. The predicted octanol–water partition coefficient (Wildman–Crippen LogP) is 2.75. The molecule has 26 heavy (non-hydrogen) atoms. The van der Waals surface area contributed by atoms with Gasteiger partial charge in [-0.3, -0.25) is 14.5 Å². The number of hydrogen-bond donors (Lipinski definition) is 1. The van der Waals surface area contributed by atoms with Crippen molar-refractivity contribution in [3.8, 4) is 5.75 Å². The number of benzene rings is 1. The zero-order valence-corrected chi connectivity index (χ0v) is 16.5. The smallest absolute Gasteiger partial charge is 0.325 e. The van der Waals surface area contributed by atoms with Gasteiger partial charge in [0.2, 0.25) is 0 Å². The molecule has 1 aliphatic rings. The van der Waals surface area contributed by atoms with Crippen LogP contribution >= 0.6 is 12.2 Å². The summed E-state index contributed by atoms with van der Waals surface area (Å²) in [5, 5.41) is 3.07. The van der Waals surface area contributed by atoms with E-state index in [0.29, 0.717) is 12.3 Å². The Morgan fingerprint density at radius 1 is 1.38 bits per heavy atom. The molecule has 1 N–H and O–H groups in total. The van der Waals surface area contributed by atoms with Gasteiger partial charge in [-0.15, -0.1) is 0 Å². The van der Waals surface area contributed by atoms with E-state index in [2.05, 4.69) is 23.9 Å². The standard InChI is InChI=1S/C19H24N2O4S/c1-6-25-16-7-12(4)13(8-14(16)11(2)3)9-15-18(23)21(19(26)20-15)10-17(22)24-5/h7-9,11H,6,10H2,1-5H3,(H,20,26)/b15-9-. The lowest BCUT2D eigenvalue weighted by Gasteiger charge is -2.16. The van der Waals surface area contributed by atoms with Crippen LogP contribution < -0.4 is 10.1 Å². The van der Waals surface area contributed by atoms with Gasteiger partial charge in [-0.05, 0) is 66.9 Å². The maximum atomic E-state index is 12.5. The van der Waals surface area contributed by atoms with Crippen LogP contribution in [0.25, 0.3) is 6.08 Å². The van der Waals surface area contributed by atoms with E-state index in [0.717, 1.165) is 22.4 Å². The summed E-state index contributed by atoms with van der Waals surface area (Å²) in [7, 11) is 1.27. The highest BCUT2D eigenvalue weighted by molar-refractivity contribution is 7.80. The number of aryl methyl sites for hydroxylation is 1. The molecule has 0 saturated carbocycles. The van der Waals surface area contributed by atoms with Gasteiger partial charge in [-0.2, -0.15) is 0 Å². The third-order valence-electron chi connectivity index (χ3n) is 4.10. The van der Waals surface area contributed by atoms with Gasteiger partial charge < -0.3 is 14.8 Å². The van der Waals surface area contributed by atoms with Gasteiger partial charge in [-0.25, -0.2) is 0 Å². The number of thiocarbonyl (C=S) groups is 1. The Balaban J connectivity index is 2.37. The maximum absolute atomic E-state index is 12.5. The fraction of sp³-hybridized carbons (Fsp3) is 0.421. The van der Waals surface area contributed by atoms with Crippen LogP contribution in [0.1, 0.15) is 43.4 Å². The number of ether oxygens (including phenoxy) is 2. The SMILES string of the molecule is CCOc1cc(C)c(/C=C2\NC(=S)N(CC(=O)OC)C2=O)cc1C(C)C. The average molecular weight is 376 g/mol. The first kappa shape index (κ1) is 19.9. The molecular formula is C19H24N2O4S. The number of carbonyl (C=O) groups is 2. The summed E-state index contributed by atoms with van der Waals surface area (Å²) in [5.74, 6) is 0.261. The van der Waals surface area contributed by atoms with E-state index in [-0.39, 0.29) is 23.5 Å². The zero-order chi connectivity index (χ0) is 19.4. The van der Waals surface area contributed by atoms with E-state index < -0.39 is 5.97 Å². The van der Waals surface area contributed by atoms with Crippen LogP contribution in [-0.4, -0.2) is 42.2 Å². The second-order valence-electron chi connectivity index (χ2n) is 6.29. The largest absolute Gasteiger partial charge is 0.494 e. The minimum atomic E-state index is -0.525. The number of amides is 1. The molecule has 0 radical (unpaired) electrons. The van der Waals surface area contributed by atoms with Crippen LogP contribution in [0.3, 0.4) is 0 Å². The molecule has 1 aromatic rings. The lowest BCUT2D eigenvalue weighted by Crippen LogP contribution is -2.35. The highest BCUT2D eigenvalue weighted by Gasteiger charge is 2.32. The molecule has 0 spiro atoms. The van der Waals surface area contributed by atoms with E-state index in [1.807, 2.05) is 26.0 Å². The van der Waals surface area contributed by atoms with Gasteiger partial charge in [0, 0.05) is 0 Å². The molecule has 1 aromatic carbocycles. The van der Waals surface area contributed by atoms with Crippen LogP contribution in [0.2, 0.25) is 0 Å². The second-order valence-corrected chi connectivity index (χ2v) is 6.68. The summed E-state index contributed by atoms with van der Waals surface area (Å²) in [4.78, 5) is 25.2. The molecule has 1 saturated heterocycles. The summed E-state index contributed by atoms with van der Waals surface area (Å²) in [6, 6.07) is 4.01. The fourth-order valence-corrected chi connectivity index (χ4v) is 2.92. The van der Waals surface area contributed by atoms with Crippen molar-refractivity contribution in [2.24, 2.45) is 0 Å². The Morgan fingerprint density at radius 2 is 2.08 bits per heavy atom. The normalized spacial score (nSPS) is 15.6. The third-order valence-corrected chi connectivity index (χ3v) is 4.42. The highest BCUT2D eigenvalue weighted by Crippen LogP contribution is 2.31. The first-order chi connectivity index (χ1) is 12.3. The Morgan fingerprint density at radius 3 is 2.65 bits per heavy atom. The number of methoxy groups -OCH3 is 1. The topological polar surface area (TPSA) is 67.9 Å². The van der Waals surface area contributed by atoms with Crippen LogP contribution in [0, 0.1) is 6.92 Å². The highest BCUT2D eigenvalue weighted by atomic mass is 32.1. The van der Waals surface area contributed by atoms with Gasteiger partial charge in [0.05, 0.1) is 13.7 Å². The van der Waals surface area contributed by atoms with Crippen LogP contribution in [-0.2, 0) is 14.3 Å². The second kappa shape index (κ2) is 8.31. The van der Waals surface area contributed by atoms with E-state index >= 15 is 0 Å². The van der Waals surface area contributed by atoms with E-state index in [1.165, 1.54) is 12.0 Å². The molecule has 140 valence electrons. The number of hydrogen-bond acceptors (Lipinski definition) is 5. The minimum absolute atomic E-state index is 0.194. The molecule has 1 heterocycles. The third kappa shape index (κ3) is 4.22. The van der Waals surface area contributed by atoms with E-state index in [9.17, 15) is 9.59 Å². The number of nitrogens with one attached hydrogen (secondary N) is 1. The molecule has 1 amide bonds. The van der Waals surface area contributed by atoms with Crippen molar-refractivity contribution in [3.05, 3.63) is 34.5 Å². The molecule has 0 atom stereocenters. The predicted molar refractivity (Wildman–Crippen MR) is 104 cm³/mol. The minimum Gasteiger partial charge on any atom is -0.494 e. The van der Waals surface area contributed by atoms with Crippen LogP contribution in [0.4, 0.5) is 0 Å². The molecule has 0 aromatic heterocycles. The molecule has 0 aliphatic carbocycles. The Bertz CT molecular complexity index is 771. The summed E-state index contributed by atoms with van der Waals surface area (Å²) >= 11 is 5.16. The monoisotopic (exact) mass is 376 g/mol. The van der Waals surface area contributed by atoms with Crippen molar-refractivity contribution in [2.45, 2.75) is 33.6 Å². The molecule has 6 nitrogen and oxygen atoms in total. The Kier molecular flexibility index (Phi) is 6.37. The van der Waals surface area contributed by atoms with Gasteiger partial charge in [-0.1, -0.05) is 13.8 Å². The van der Waals surface area contributed by atoms with Gasteiger partial charge in [0.1, 0.15) is 18.0 Å². The zero-order valence-electron chi connectivity index (χ0n) is 15.7. The molecule has 0 unspecified atom stereocenters. The quantitative estimate of drug-likeness (QED) is 0.468. The fourth-order valence-electron chi connectivity index (χ4n) is 2.67. The average Bonchev–Trinajstić information content (AvgIpc) is 2.84.